The minimum Gasteiger partial charge on any atom is -0.492 e. The number of nitrogens with zero attached hydrogens (tertiary/aromatic N) is 4. The van der Waals surface area contributed by atoms with Gasteiger partial charge in [0.1, 0.15) is 23.8 Å². The van der Waals surface area contributed by atoms with Crippen LogP contribution in [-0.4, -0.2) is 77.4 Å². The Labute approximate surface area is 176 Å². The molecule has 0 spiro atoms. The minimum absolute atomic E-state index is 0.191. The summed E-state index contributed by atoms with van der Waals surface area (Å²) < 4.78 is 5.78. The van der Waals surface area contributed by atoms with Gasteiger partial charge in [-0.2, -0.15) is 0 Å². The molecule has 1 amide bonds. The lowest BCUT2D eigenvalue weighted by Crippen LogP contribution is -2.45. The van der Waals surface area contributed by atoms with Crippen molar-refractivity contribution in [3.05, 3.63) is 48.4 Å². The van der Waals surface area contributed by atoms with Crippen molar-refractivity contribution in [2.24, 2.45) is 0 Å². The lowest BCUT2D eigenvalue weighted by atomic mass is 10.0. The number of aliphatic hydroxyl groups is 1. The molecule has 0 bridgehead atoms. The van der Waals surface area contributed by atoms with E-state index in [2.05, 4.69) is 20.2 Å². The number of likely N-dealkylation sites (tertiary alicyclic amines) is 1. The van der Waals surface area contributed by atoms with Crippen LogP contribution in [0, 0.1) is 0 Å². The Balaban J connectivity index is 1.22. The predicted octanol–water partition coefficient (Wildman–Crippen LogP) is 1.32. The molecule has 0 saturated carbocycles. The summed E-state index contributed by atoms with van der Waals surface area (Å²) in [6.45, 7) is 5.19. The molecule has 0 unspecified atom stereocenters. The van der Waals surface area contributed by atoms with Gasteiger partial charge in [-0.05, 0) is 56.6 Å². The van der Waals surface area contributed by atoms with Gasteiger partial charge in [-0.25, -0.2) is 4.98 Å². The third kappa shape index (κ3) is 5.25. The lowest BCUT2D eigenvalue weighted by molar-refractivity contribution is 0.0575. The standard InChI is InChI=1S/C22H29N5O3/c28-21(18-3-5-19(6-4-18)30-14-13-26-10-1-2-11-26)25-16-22(29)7-12-27(17-22)20-15-23-8-9-24-20/h3-6,8-9,15,29H,1-2,7,10-14,16-17H2,(H,25,28)/t22-/m1/s1. The number of nitrogens with one attached hydrogen (secondary N) is 1. The van der Waals surface area contributed by atoms with Crippen LogP contribution in [0.15, 0.2) is 42.9 Å². The zero-order valence-corrected chi connectivity index (χ0v) is 17.2. The quantitative estimate of drug-likeness (QED) is 0.677. The minimum atomic E-state index is -0.980. The topological polar surface area (TPSA) is 90.8 Å². The maximum absolute atomic E-state index is 12.5. The molecule has 2 saturated heterocycles. The van der Waals surface area contributed by atoms with Crippen LogP contribution in [0.1, 0.15) is 29.6 Å². The summed E-state index contributed by atoms with van der Waals surface area (Å²) in [6, 6.07) is 7.15. The summed E-state index contributed by atoms with van der Waals surface area (Å²) in [6.07, 6.45) is 8.05. The average Bonchev–Trinajstić information content (AvgIpc) is 3.44. The van der Waals surface area contributed by atoms with Gasteiger partial charge >= 0.3 is 0 Å². The molecule has 2 fully saturated rings. The summed E-state index contributed by atoms with van der Waals surface area (Å²) in [5.74, 6) is 1.30. The van der Waals surface area contributed by atoms with Gasteiger partial charge in [0.2, 0.25) is 0 Å². The van der Waals surface area contributed by atoms with E-state index in [-0.39, 0.29) is 12.5 Å². The maximum atomic E-state index is 12.5. The van der Waals surface area contributed by atoms with E-state index in [1.54, 1.807) is 30.7 Å². The molecule has 8 nitrogen and oxygen atoms in total. The number of hydrogen-bond acceptors (Lipinski definition) is 7. The molecule has 0 aliphatic carbocycles. The normalized spacial score (nSPS) is 21.7. The molecule has 1 aromatic heterocycles. The van der Waals surface area contributed by atoms with Crippen LogP contribution in [0.5, 0.6) is 5.75 Å². The highest BCUT2D eigenvalue weighted by Crippen LogP contribution is 2.24. The molecule has 8 heteroatoms. The largest absolute Gasteiger partial charge is 0.492 e. The van der Waals surface area contributed by atoms with E-state index >= 15 is 0 Å². The molecule has 2 aromatic rings. The Kier molecular flexibility index (Phi) is 6.44. The van der Waals surface area contributed by atoms with Gasteiger partial charge in [0.25, 0.3) is 5.91 Å². The van der Waals surface area contributed by atoms with E-state index in [1.165, 1.54) is 12.8 Å². The van der Waals surface area contributed by atoms with E-state index in [0.29, 0.717) is 31.7 Å². The second-order valence-corrected chi connectivity index (χ2v) is 8.06. The Hall–Kier alpha value is -2.71. The number of ether oxygens (including phenoxy) is 1. The van der Waals surface area contributed by atoms with Crippen LogP contribution in [0.4, 0.5) is 5.82 Å². The average molecular weight is 412 g/mol. The van der Waals surface area contributed by atoms with Crippen molar-refractivity contribution < 1.29 is 14.6 Å². The summed E-state index contributed by atoms with van der Waals surface area (Å²) in [5, 5.41) is 13.7. The molecule has 0 radical (unpaired) electrons. The van der Waals surface area contributed by atoms with Crippen molar-refractivity contribution in [2.75, 3.05) is 50.8 Å². The molecule has 2 aliphatic heterocycles. The summed E-state index contributed by atoms with van der Waals surface area (Å²) >= 11 is 0. The number of amides is 1. The number of benzene rings is 1. The predicted molar refractivity (Wildman–Crippen MR) is 114 cm³/mol. The van der Waals surface area contributed by atoms with E-state index in [0.717, 1.165) is 31.2 Å². The van der Waals surface area contributed by atoms with E-state index in [4.69, 9.17) is 4.74 Å². The first-order valence-corrected chi connectivity index (χ1v) is 10.6. The highest BCUT2D eigenvalue weighted by atomic mass is 16.5. The molecule has 1 atom stereocenters. The number of aromatic nitrogens is 2. The fraction of sp³-hybridized carbons (Fsp3) is 0.500. The molecule has 30 heavy (non-hydrogen) atoms. The number of carbonyl (C=O) groups is 1. The first kappa shape index (κ1) is 20.6. The molecule has 2 aliphatic rings. The van der Waals surface area contributed by atoms with Crippen LogP contribution >= 0.6 is 0 Å². The molecule has 1 aromatic carbocycles. The van der Waals surface area contributed by atoms with E-state index in [1.807, 2.05) is 17.0 Å². The lowest BCUT2D eigenvalue weighted by Gasteiger charge is -2.24. The van der Waals surface area contributed by atoms with Gasteiger partial charge in [-0.3, -0.25) is 14.7 Å². The number of carbonyl (C=O) groups excluding carboxylic acids is 1. The number of hydrogen-bond donors (Lipinski definition) is 2. The van der Waals surface area contributed by atoms with Crippen molar-refractivity contribution in [2.45, 2.75) is 24.9 Å². The molecular weight excluding hydrogens is 382 g/mol. The number of anilines is 1. The van der Waals surface area contributed by atoms with Crippen molar-refractivity contribution in [1.82, 2.24) is 20.2 Å². The molecule has 4 rings (SSSR count). The highest BCUT2D eigenvalue weighted by molar-refractivity contribution is 5.94. The van der Waals surface area contributed by atoms with Gasteiger partial charge in [-0.15, -0.1) is 0 Å². The highest BCUT2D eigenvalue weighted by Gasteiger charge is 2.37. The smallest absolute Gasteiger partial charge is 0.251 e. The molecule has 3 heterocycles. The van der Waals surface area contributed by atoms with Gasteiger partial charge in [0.15, 0.2) is 0 Å². The second-order valence-electron chi connectivity index (χ2n) is 8.06. The number of rotatable bonds is 8. The second kappa shape index (κ2) is 9.40. The third-order valence-corrected chi connectivity index (χ3v) is 5.78. The Morgan fingerprint density at radius 2 is 1.97 bits per heavy atom. The molecule has 160 valence electrons. The monoisotopic (exact) mass is 411 g/mol. The molecule has 2 N–H and O–H groups in total. The zero-order chi connectivity index (χ0) is 20.8. The van der Waals surface area contributed by atoms with Gasteiger partial charge < -0.3 is 20.1 Å². The van der Waals surface area contributed by atoms with Crippen LogP contribution in [0.2, 0.25) is 0 Å². The first-order chi connectivity index (χ1) is 14.6. The van der Waals surface area contributed by atoms with Gasteiger partial charge in [0.05, 0.1) is 6.20 Å². The van der Waals surface area contributed by atoms with Crippen molar-refractivity contribution in [1.29, 1.82) is 0 Å². The zero-order valence-electron chi connectivity index (χ0n) is 17.2. The van der Waals surface area contributed by atoms with Crippen LogP contribution in [0.25, 0.3) is 0 Å². The molecular formula is C22H29N5O3. The summed E-state index contributed by atoms with van der Waals surface area (Å²) in [5.41, 5.74) is -0.430. The third-order valence-electron chi connectivity index (χ3n) is 5.78. The Bertz CT molecular complexity index is 826. The maximum Gasteiger partial charge on any atom is 0.251 e. The van der Waals surface area contributed by atoms with Gasteiger partial charge in [0, 0.05) is 44.1 Å². The Morgan fingerprint density at radius 3 is 2.70 bits per heavy atom. The van der Waals surface area contributed by atoms with Crippen LogP contribution in [0.3, 0.4) is 0 Å². The first-order valence-electron chi connectivity index (χ1n) is 10.6. The SMILES string of the molecule is O=C(NC[C@]1(O)CCN(c2cnccn2)C1)c1ccc(OCCN2CCCC2)cc1. The summed E-state index contributed by atoms with van der Waals surface area (Å²) in [4.78, 5) is 25.2. The fourth-order valence-electron chi connectivity index (χ4n) is 4.00. The van der Waals surface area contributed by atoms with E-state index < -0.39 is 5.60 Å². The summed E-state index contributed by atoms with van der Waals surface area (Å²) in [7, 11) is 0. The fourth-order valence-corrected chi connectivity index (χ4v) is 4.00. The van der Waals surface area contributed by atoms with Crippen LogP contribution in [-0.2, 0) is 0 Å². The van der Waals surface area contributed by atoms with Crippen LogP contribution < -0.4 is 15.0 Å². The van der Waals surface area contributed by atoms with Gasteiger partial charge in [-0.1, -0.05) is 0 Å². The Morgan fingerprint density at radius 1 is 1.17 bits per heavy atom. The van der Waals surface area contributed by atoms with Crippen molar-refractivity contribution in [3.63, 3.8) is 0 Å². The van der Waals surface area contributed by atoms with Crippen molar-refractivity contribution in [3.8, 4) is 5.75 Å². The number of β-amino-alcohol motifs (C(OH)–C–C–N with tert-alkyl or cyclic N) is 1. The van der Waals surface area contributed by atoms with E-state index in [9.17, 15) is 9.90 Å². The van der Waals surface area contributed by atoms with Crippen molar-refractivity contribution >= 4 is 11.7 Å².